The highest BCUT2D eigenvalue weighted by molar-refractivity contribution is 9.08. The van der Waals surface area contributed by atoms with E-state index in [9.17, 15) is 4.79 Å². The number of nitrogen functional groups attached to an aromatic ring is 1. The van der Waals surface area contributed by atoms with E-state index in [0.717, 1.165) is 5.69 Å². The van der Waals surface area contributed by atoms with Gasteiger partial charge in [0.05, 0.1) is 11.4 Å². The maximum atomic E-state index is 10.8. The molecule has 0 saturated heterocycles. The monoisotopic (exact) mass is 229 g/mol. The number of halogens is 1. The smallest absolute Gasteiger partial charge is 0.269 e. The van der Waals surface area contributed by atoms with Crippen LogP contribution in [-0.4, -0.2) is 10.9 Å². The zero-order chi connectivity index (χ0) is 9.14. The molecule has 0 fully saturated rings. The van der Waals surface area contributed by atoms with Crippen LogP contribution < -0.4 is 11.5 Å². The van der Waals surface area contributed by atoms with Crippen LogP contribution in [0.5, 0.6) is 0 Å². The minimum atomic E-state index is -0.602. The van der Waals surface area contributed by atoms with Crippen molar-refractivity contribution in [2.45, 2.75) is 5.33 Å². The maximum absolute atomic E-state index is 10.8. The summed E-state index contributed by atoms with van der Waals surface area (Å²) in [5.41, 5.74) is 11.7. The molecule has 1 aromatic heterocycles. The van der Waals surface area contributed by atoms with Crippen molar-refractivity contribution >= 4 is 27.5 Å². The first kappa shape index (κ1) is 8.99. The molecule has 0 atom stereocenters. The third-order valence-electron chi connectivity index (χ3n) is 1.35. The Morgan fingerprint density at radius 2 is 2.25 bits per heavy atom. The van der Waals surface area contributed by atoms with Crippen molar-refractivity contribution in [3.05, 3.63) is 23.5 Å². The van der Waals surface area contributed by atoms with Gasteiger partial charge < -0.3 is 11.5 Å². The summed E-state index contributed by atoms with van der Waals surface area (Å²) in [7, 11) is 0. The molecule has 1 amide bonds. The van der Waals surface area contributed by atoms with Gasteiger partial charge in [-0.15, -0.1) is 0 Å². The molecule has 5 heteroatoms. The molecule has 0 radical (unpaired) electrons. The van der Waals surface area contributed by atoms with Crippen LogP contribution in [0.1, 0.15) is 16.2 Å². The van der Waals surface area contributed by atoms with E-state index in [4.69, 9.17) is 11.5 Å². The second-order valence-electron chi connectivity index (χ2n) is 2.24. The number of nitrogens with two attached hydrogens (primary N) is 2. The zero-order valence-corrected chi connectivity index (χ0v) is 7.84. The van der Waals surface area contributed by atoms with Gasteiger partial charge in [0.1, 0.15) is 0 Å². The summed E-state index contributed by atoms with van der Waals surface area (Å²) in [4.78, 5) is 14.7. The molecule has 4 N–H and O–H groups in total. The Balaban J connectivity index is 3.17. The lowest BCUT2D eigenvalue weighted by Gasteiger charge is -2.01. The van der Waals surface area contributed by atoms with Gasteiger partial charge in [-0.25, -0.2) is 4.98 Å². The van der Waals surface area contributed by atoms with Crippen LogP contribution in [0.3, 0.4) is 0 Å². The summed E-state index contributed by atoms with van der Waals surface area (Å²) in [6.07, 6.45) is 0. The summed E-state index contributed by atoms with van der Waals surface area (Å²) >= 11 is 3.21. The Morgan fingerprint density at radius 1 is 1.58 bits per heavy atom. The molecule has 0 unspecified atom stereocenters. The van der Waals surface area contributed by atoms with Crippen molar-refractivity contribution in [1.82, 2.24) is 4.98 Å². The van der Waals surface area contributed by atoms with E-state index in [-0.39, 0.29) is 5.69 Å². The second kappa shape index (κ2) is 3.53. The Bertz CT molecular complexity index is 314. The Kier molecular flexibility index (Phi) is 2.65. The summed E-state index contributed by atoms with van der Waals surface area (Å²) < 4.78 is 0. The van der Waals surface area contributed by atoms with E-state index >= 15 is 0 Å². The minimum absolute atomic E-state index is 0.131. The fourth-order valence-corrected chi connectivity index (χ4v) is 1.09. The lowest BCUT2D eigenvalue weighted by molar-refractivity contribution is 0.0996. The first-order valence-electron chi connectivity index (χ1n) is 3.26. The van der Waals surface area contributed by atoms with E-state index in [1.54, 1.807) is 12.1 Å². The molecule has 0 saturated carbocycles. The van der Waals surface area contributed by atoms with Crippen LogP contribution in [0, 0.1) is 0 Å². The number of rotatable bonds is 2. The van der Waals surface area contributed by atoms with Crippen LogP contribution in [0.2, 0.25) is 0 Å². The van der Waals surface area contributed by atoms with Crippen molar-refractivity contribution in [1.29, 1.82) is 0 Å². The molecule has 4 nitrogen and oxygen atoms in total. The van der Waals surface area contributed by atoms with Gasteiger partial charge in [-0.1, -0.05) is 15.9 Å². The van der Waals surface area contributed by atoms with Gasteiger partial charge in [0.2, 0.25) is 0 Å². The third-order valence-corrected chi connectivity index (χ3v) is 1.93. The van der Waals surface area contributed by atoms with Gasteiger partial charge >= 0.3 is 0 Å². The largest absolute Gasteiger partial charge is 0.397 e. The number of hydrogen-bond donors (Lipinski definition) is 2. The molecule has 0 aliphatic rings. The number of carbonyl (C=O) groups is 1. The normalized spacial score (nSPS) is 9.75. The molecule has 0 bridgehead atoms. The summed E-state index contributed by atoms with van der Waals surface area (Å²) in [5, 5.41) is 0.577. The fourth-order valence-electron chi connectivity index (χ4n) is 0.782. The van der Waals surface area contributed by atoms with Crippen molar-refractivity contribution in [3.8, 4) is 0 Å². The molecular formula is C7H8BrN3O. The topological polar surface area (TPSA) is 82.0 Å². The average Bonchev–Trinajstić information content (AvgIpc) is 2.05. The number of hydrogen-bond acceptors (Lipinski definition) is 3. The lowest BCUT2D eigenvalue weighted by Crippen LogP contribution is -2.16. The van der Waals surface area contributed by atoms with E-state index in [0.29, 0.717) is 11.0 Å². The van der Waals surface area contributed by atoms with E-state index in [1.807, 2.05) is 0 Å². The van der Waals surface area contributed by atoms with Gasteiger partial charge in [0, 0.05) is 5.33 Å². The Hall–Kier alpha value is -1.10. The number of nitrogens with zero attached hydrogens (tertiary/aromatic N) is 1. The second-order valence-corrected chi connectivity index (χ2v) is 2.80. The standard InChI is InChI=1S/C7H8BrN3O/c8-3-4-1-2-5(9)6(11-4)7(10)12/h1-2H,3,9H2,(H2,10,12). The first-order valence-corrected chi connectivity index (χ1v) is 4.38. The Labute approximate surface area is 78.1 Å². The highest BCUT2D eigenvalue weighted by atomic mass is 79.9. The first-order chi connectivity index (χ1) is 5.65. The van der Waals surface area contributed by atoms with Crippen LogP contribution in [-0.2, 0) is 5.33 Å². The van der Waals surface area contributed by atoms with Gasteiger partial charge in [-0.3, -0.25) is 4.79 Å². The Morgan fingerprint density at radius 3 is 2.75 bits per heavy atom. The van der Waals surface area contributed by atoms with Crippen LogP contribution in [0.15, 0.2) is 12.1 Å². The van der Waals surface area contributed by atoms with E-state index < -0.39 is 5.91 Å². The number of pyridine rings is 1. The number of anilines is 1. The quantitative estimate of drug-likeness (QED) is 0.732. The zero-order valence-electron chi connectivity index (χ0n) is 6.25. The van der Waals surface area contributed by atoms with E-state index in [2.05, 4.69) is 20.9 Å². The van der Waals surface area contributed by atoms with Crippen LogP contribution in [0.25, 0.3) is 0 Å². The van der Waals surface area contributed by atoms with Crippen LogP contribution in [0.4, 0.5) is 5.69 Å². The molecular weight excluding hydrogens is 222 g/mol. The van der Waals surface area contributed by atoms with Crippen molar-refractivity contribution in [2.75, 3.05) is 5.73 Å². The molecule has 1 aromatic rings. The highest BCUT2D eigenvalue weighted by Crippen LogP contribution is 2.10. The van der Waals surface area contributed by atoms with Crippen molar-refractivity contribution in [3.63, 3.8) is 0 Å². The number of carbonyl (C=O) groups excluding carboxylic acids is 1. The predicted octanol–water partition coefficient (Wildman–Crippen LogP) is 0.658. The predicted molar refractivity (Wildman–Crippen MR) is 49.8 cm³/mol. The SMILES string of the molecule is NC(=O)c1nc(CBr)ccc1N. The lowest BCUT2D eigenvalue weighted by atomic mass is 10.2. The molecule has 12 heavy (non-hydrogen) atoms. The fraction of sp³-hybridized carbons (Fsp3) is 0.143. The molecule has 1 heterocycles. The number of alkyl halides is 1. The van der Waals surface area contributed by atoms with E-state index in [1.165, 1.54) is 0 Å². The van der Waals surface area contributed by atoms with Gasteiger partial charge in [-0.2, -0.15) is 0 Å². The van der Waals surface area contributed by atoms with Crippen LogP contribution >= 0.6 is 15.9 Å². The maximum Gasteiger partial charge on any atom is 0.269 e. The summed E-state index contributed by atoms with van der Waals surface area (Å²) in [6.45, 7) is 0. The number of aromatic nitrogens is 1. The van der Waals surface area contributed by atoms with Gasteiger partial charge in [0.25, 0.3) is 5.91 Å². The molecule has 0 aliphatic carbocycles. The summed E-state index contributed by atoms with van der Waals surface area (Å²) in [5.74, 6) is -0.602. The van der Waals surface area contributed by atoms with Crippen molar-refractivity contribution < 1.29 is 4.79 Å². The third kappa shape index (κ3) is 1.73. The van der Waals surface area contributed by atoms with Gasteiger partial charge in [0.15, 0.2) is 5.69 Å². The number of primary amides is 1. The molecule has 0 aromatic carbocycles. The molecule has 1 rings (SSSR count). The minimum Gasteiger partial charge on any atom is -0.397 e. The number of amides is 1. The summed E-state index contributed by atoms with van der Waals surface area (Å²) in [6, 6.07) is 3.35. The van der Waals surface area contributed by atoms with Crippen molar-refractivity contribution in [2.24, 2.45) is 5.73 Å². The highest BCUT2D eigenvalue weighted by Gasteiger charge is 2.07. The average molecular weight is 230 g/mol. The molecule has 0 spiro atoms. The molecule has 0 aliphatic heterocycles. The van der Waals surface area contributed by atoms with Gasteiger partial charge in [-0.05, 0) is 12.1 Å². The molecule has 64 valence electrons.